The minimum atomic E-state index is -0.358. The first-order valence-electron chi connectivity index (χ1n) is 4.45. The normalized spacial score (nSPS) is 19.6. The van der Waals surface area contributed by atoms with Crippen molar-refractivity contribution in [3.63, 3.8) is 0 Å². The molecule has 2 nitrogen and oxygen atoms in total. The van der Waals surface area contributed by atoms with E-state index in [0.29, 0.717) is 17.0 Å². The van der Waals surface area contributed by atoms with E-state index >= 15 is 0 Å². The van der Waals surface area contributed by atoms with Crippen LogP contribution in [0, 0.1) is 5.82 Å². The fourth-order valence-electron chi connectivity index (χ4n) is 1.89. The summed E-state index contributed by atoms with van der Waals surface area (Å²) in [5, 5.41) is 0.293. The van der Waals surface area contributed by atoms with Crippen molar-refractivity contribution in [2.45, 2.75) is 18.9 Å². The van der Waals surface area contributed by atoms with Crippen LogP contribution in [0.3, 0.4) is 0 Å². The second-order valence-electron chi connectivity index (χ2n) is 3.42. The van der Waals surface area contributed by atoms with Gasteiger partial charge >= 0.3 is 0 Å². The monoisotopic (exact) mass is 215 g/mol. The Balaban J connectivity index is 2.63. The molecule has 4 heteroatoms. The standard InChI is InChI=1S/C10H11ClFNO/c1-14-10-7(11)4-6-5(9(10)12)2-3-8(6)13/h4,8H,2-3,13H2,1H3/t8-/m1/s1. The fourth-order valence-corrected chi connectivity index (χ4v) is 2.16. The molecule has 1 aromatic rings. The predicted molar refractivity (Wildman–Crippen MR) is 53.2 cm³/mol. The van der Waals surface area contributed by atoms with Crippen molar-refractivity contribution >= 4 is 11.6 Å². The van der Waals surface area contributed by atoms with Crippen LogP contribution in [0.15, 0.2) is 6.07 Å². The highest BCUT2D eigenvalue weighted by Crippen LogP contribution is 2.39. The molecule has 0 fully saturated rings. The Labute approximate surface area is 86.8 Å². The molecule has 0 saturated heterocycles. The molecule has 0 aliphatic heterocycles. The molecule has 1 aliphatic carbocycles. The summed E-state index contributed by atoms with van der Waals surface area (Å²) in [6.07, 6.45) is 1.44. The summed E-state index contributed by atoms with van der Waals surface area (Å²) < 4.78 is 18.6. The van der Waals surface area contributed by atoms with Crippen molar-refractivity contribution < 1.29 is 9.13 Å². The van der Waals surface area contributed by atoms with Crippen LogP contribution in [0.25, 0.3) is 0 Å². The quantitative estimate of drug-likeness (QED) is 0.781. The van der Waals surface area contributed by atoms with Gasteiger partial charge < -0.3 is 10.5 Å². The van der Waals surface area contributed by atoms with Crippen LogP contribution >= 0.6 is 11.6 Å². The first kappa shape index (κ1) is 9.74. The third kappa shape index (κ3) is 1.28. The number of rotatable bonds is 1. The average Bonchev–Trinajstić information content (AvgIpc) is 2.49. The topological polar surface area (TPSA) is 35.2 Å². The zero-order valence-electron chi connectivity index (χ0n) is 7.81. The Morgan fingerprint density at radius 3 is 3.00 bits per heavy atom. The number of fused-ring (bicyclic) bond motifs is 1. The lowest BCUT2D eigenvalue weighted by Crippen LogP contribution is -2.06. The van der Waals surface area contributed by atoms with Crippen molar-refractivity contribution in [3.05, 3.63) is 28.0 Å². The average molecular weight is 216 g/mol. The van der Waals surface area contributed by atoms with Gasteiger partial charge in [0, 0.05) is 6.04 Å². The van der Waals surface area contributed by atoms with Gasteiger partial charge in [-0.3, -0.25) is 0 Å². The van der Waals surface area contributed by atoms with Gasteiger partial charge in [-0.25, -0.2) is 4.39 Å². The summed E-state index contributed by atoms with van der Waals surface area (Å²) in [5.74, 6) is -0.234. The van der Waals surface area contributed by atoms with Gasteiger partial charge in [0.2, 0.25) is 0 Å². The number of hydrogen-bond acceptors (Lipinski definition) is 2. The lowest BCUT2D eigenvalue weighted by atomic mass is 10.1. The molecule has 76 valence electrons. The van der Waals surface area contributed by atoms with Gasteiger partial charge in [0.15, 0.2) is 11.6 Å². The lowest BCUT2D eigenvalue weighted by Gasteiger charge is -2.10. The first-order chi connectivity index (χ1) is 6.65. The van der Waals surface area contributed by atoms with Gasteiger partial charge in [0.1, 0.15) is 0 Å². The van der Waals surface area contributed by atoms with E-state index in [9.17, 15) is 4.39 Å². The Kier molecular flexibility index (Phi) is 2.37. The molecule has 0 unspecified atom stereocenters. The van der Waals surface area contributed by atoms with Crippen molar-refractivity contribution in [2.24, 2.45) is 5.73 Å². The summed E-state index contributed by atoms with van der Waals surface area (Å²) in [5.41, 5.74) is 7.27. The second kappa shape index (κ2) is 3.41. The molecule has 0 bridgehead atoms. The van der Waals surface area contributed by atoms with Gasteiger partial charge in [-0.1, -0.05) is 11.6 Å². The van der Waals surface area contributed by atoms with Gasteiger partial charge in [-0.15, -0.1) is 0 Å². The Morgan fingerprint density at radius 2 is 2.36 bits per heavy atom. The van der Waals surface area contributed by atoms with Crippen LogP contribution in [-0.2, 0) is 6.42 Å². The third-order valence-electron chi connectivity index (χ3n) is 2.62. The van der Waals surface area contributed by atoms with Crippen molar-refractivity contribution in [1.29, 1.82) is 0 Å². The molecular formula is C10H11ClFNO. The Morgan fingerprint density at radius 1 is 1.64 bits per heavy atom. The molecule has 2 rings (SSSR count). The number of halogens is 2. The first-order valence-corrected chi connectivity index (χ1v) is 4.83. The number of benzene rings is 1. The molecule has 0 spiro atoms. The van der Waals surface area contributed by atoms with Crippen molar-refractivity contribution in [1.82, 2.24) is 0 Å². The van der Waals surface area contributed by atoms with Crippen LogP contribution in [0.1, 0.15) is 23.6 Å². The smallest absolute Gasteiger partial charge is 0.173 e. The largest absolute Gasteiger partial charge is 0.492 e. The molecule has 1 aliphatic rings. The molecular weight excluding hydrogens is 205 g/mol. The van der Waals surface area contributed by atoms with Crippen molar-refractivity contribution in [3.8, 4) is 5.75 Å². The molecule has 2 N–H and O–H groups in total. The van der Waals surface area contributed by atoms with Crippen LogP contribution in [0.4, 0.5) is 4.39 Å². The minimum absolute atomic E-state index is 0.0945. The highest BCUT2D eigenvalue weighted by atomic mass is 35.5. The van der Waals surface area contributed by atoms with Crippen LogP contribution in [-0.4, -0.2) is 7.11 Å². The Bertz CT molecular complexity index is 381. The maximum absolute atomic E-state index is 13.7. The van der Waals surface area contributed by atoms with Crippen LogP contribution in [0.2, 0.25) is 5.02 Å². The summed E-state index contributed by atoms with van der Waals surface area (Å²) in [4.78, 5) is 0. The van der Waals surface area contributed by atoms with Crippen LogP contribution < -0.4 is 10.5 Å². The lowest BCUT2D eigenvalue weighted by molar-refractivity contribution is 0.384. The van der Waals surface area contributed by atoms with Gasteiger partial charge in [-0.05, 0) is 30.0 Å². The van der Waals surface area contributed by atoms with E-state index in [-0.39, 0.29) is 17.6 Å². The van der Waals surface area contributed by atoms with Gasteiger partial charge in [-0.2, -0.15) is 0 Å². The molecule has 0 amide bonds. The van der Waals surface area contributed by atoms with E-state index in [4.69, 9.17) is 22.1 Å². The van der Waals surface area contributed by atoms with E-state index in [1.54, 1.807) is 6.07 Å². The van der Waals surface area contributed by atoms with Gasteiger partial charge in [0.05, 0.1) is 12.1 Å². The number of methoxy groups -OCH3 is 1. The highest BCUT2D eigenvalue weighted by molar-refractivity contribution is 6.32. The van der Waals surface area contributed by atoms with E-state index in [0.717, 1.165) is 12.0 Å². The maximum Gasteiger partial charge on any atom is 0.173 e. The van der Waals surface area contributed by atoms with E-state index in [1.807, 2.05) is 0 Å². The Hall–Kier alpha value is -0.800. The zero-order chi connectivity index (χ0) is 10.3. The molecule has 0 heterocycles. The van der Waals surface area contributed by atoms with E-state index in [2.05, 4.69) is 0 Å². The van der Waals surface area contributed by atoms with E-state index in [1.165, 1.54) is 7.11 Å². The van der Waals surface area contributed by atoms with Crippen molar-refractivity contribution in [2.75, 3.05) is 7.11 Å². The summed E-state index contributed by atoms with van der Waals surface area (Å²) in [6.45, 7) is 0. The second-order valence-corrected chi connectivity index (χ2v) is 3.83. The predicted octanol–water partition coefficient (Wildman–Crippen LogP) is 2.43. The highest BCUT2D eigenvalue weighted by Gasteiger charge is 2.26. The maximum atomic E-state index is 13.7. The SMILES string of the molecule is COc1c(Cl)cc2c(c1F)CC[C@H]2N. The summed E-state index contributed by atoms with van der Waals surface area (Å²) in [6, 6.07) is 1.61. The molecule has 0 saturated carbocycles. The van der Waals surface area contributed by atoms with E-state index < -0.39 is 0 Å². The summed E-state index contributed by atoms with van der Waals surface area (Å²) >= 11 is 5.86. The number of hydrogen-bond donors (Lipinski definition) is 1. The van der Waals surface area contributed by atoms with Crippen LogP contribution in [0.5, 0.6) is 5.75 Å². The molecule has 0 aromatic heterocycles. The minimum Gasteiger partial charge on any atom is -0.492 e. The molecule has 1 atom stereocenters. The zero-order valence-corrected chi connectivity index (χ0v) is 8.57. The molecule has 14 heavy (non-hydrogen) atoms. The number of nitrogens with two attached hydrogens (primary N) is 1. The van der Waals surface area contributed by atoms with Gasteiger partial charge in [0.25, 0.3) is 0 Å². The third-order valence-corrected chi connectivity index (χ3v) is 2.90. The molecule has 1 aromatic carbocycles. The number of ether oxygens (including phenoxy) is 1. The molecule has 0 radical (unpaired) electrons. The summed E-state index contributed by atoms with van der Waals surface area (Å²) in [7, 11) is 1.41. The fraction of sp³-hybridized carbons (Fsp3) is 0.400.